The number of esters is 1. The molecule has 1 amide bonds. The van der Waals surface area contributed by atoms with Gasteiger partial charge >= 0.3 is 5.97 Å². The lowest BCUT2D eigenvalue weighted by atomic mass is 9.98. The van der Waals surface area contributed by atoms with E-state index in [1.807, 2.05) is 0 Å². The average molecular weight is 419 g/mol. The maximum absolute atomic E-state index is 12.9. The number of rotatable bonds is 4. The van der Waals surface area contributed by atoms with E-state index in [1.54, 1.807) is 22.4 Å². The number of hydrogen-bond donors (Lipinski definition) is 0. The normalized spacial score (nSPS) is 25.0. The molecule has 0 unspecified atom stereocenters. The lowest BCUT2D eigenvalue weighted by Crippen LogP contribution is -2.51. The molecule has 1 aromatic rings. The Bertz CT molecular complexity index is 750. The van der Waals surface area contributed by atoms with Crippen molar-refractivity contribution >= 4 is 45.0 Å². The Morgan fingerprint density at radius 1 is 1.27 bits per heavy atom. The molecule has 3 rings (SSSR count). The number of thiophene rings is 1. The maximum atomic E-state index is 12.9. The van der Waals surface area contributed by atoms with E-state index in [2.05, 4.69) is 0 Å². The first-order valence-electron chi connectivity index (χ1n) is 8.45. The van der Waals surface area contributed by atoms with Crippen LogP contribution in [0.1, 0.15) is 12.8 Å². The minimum absolute atomic E-state index is 0.0646. The third-order valence-electron chi connectivity index (χ3n) is 4.66. The summed E-state index contributed by atoms with van der Waals surface area (Å²) in [6, 6.07) is 3.30. The Hall–Kier alpha value is -1.10. The predicted octanol–water partition coefficient (Wildman–Crippen LogP) is 1.27. The molecule has 0 bridgehead atoms. The topological polar surface area (TPSA) is 84.0 Å². The van der Waals surface area contributed by atoms with Crippen LogP contribution in [0.5, 0.6) is 0 Å². The van der Waals surface area contributed by atoms with Gasteiger partial charge in [-0.2, -0.15) is 4.31 Å². The summed E-state index contributed by atoms with van der Waals surface area (Å²) < 4.78 is 32.0. The van der Waals surface area contributed by atoms with Crippen molar-refractivity contribution in [3.63, 3.8) is 0 Å². The largest absolute Gasteiger partial charge is 0.468 e. The predicted molar refractivity (Wildman–Crippen MR) is 101 cm³/mol. The average Bonchev–Trinajstić information content (AvgIpc) is 3.22. The molecule has 0 radical (unpaired) electrons. The van der Waals surface area contributed by atoms with Gasteiger partial charge < -0.3 is 9.64 Å². The van der Waals surface area contributed by atoms with E-state index >= 15 is 0 Å². The van der Waals surface area contributed by atoms with Gasteiger partial charge in [0.1, 0.15) is 9.46 Å². The zero-order valence-electron chi connectivity index (χ0n) is 14.5. The molecule has 10 heteroatoms. The summed E-state index contributed by atoms with van der Waals surface area (Å²) >= 11 is 2.68. The third kappa shape index (κ3) is 4.08. The maximum Gasteiger partial charge on any atom is 0.320 e. The summed E-state index contributed by atoms with van der Waals surface area (Å²) in [7, 11) is -2.20. The Morgan fingerprint density at radius 2 is 2.08 bits per heavy atom. The Kier molecular flexibility index (Phi) is 6.26. The van der Waals surface area contributed by atoms with E-state index in [9.17, 15) is 18.0 Å². The molecular formula is C16H22N2O5S3. The lowest BCUT2D eigenvalue weighted by molar-refractivity contribution is -0.142. The highest BCUT2D eigenvalue weighted by molar-refractivity contribution is 8.00. The highest BCUT2D eigenvalue weighted by atomic mass is 32.2. The summed E-state index contributed by atoms with van der Waals surface area (Å²) in [5, 5.41) is 1.37. The minimum Gasteiger partial charge on any atom is -0.468 e. The van der Waals surface area contributed by atoms with Crippen molar-refractivity contribution in [2.75, 3.05) is 39.0 Å². The van der Waals surface area contributed by atoms with Gasteiger partial charge in [-0.3, -0.25) is 9.59 Å². The van der Waals surface area contributed by atoms with Crippen LogP contribution in [0.25, 0.3) is 0 Å². The third-order valence-corrected chi connectivity index (χ3v) is 9.07. The van der Waals surface area contributed by atoms with Crippen molar-refractivity contribution in [1.82, 2.24) is 9.21 Å². The second kappa shape index (κ2) is 8.28. The van der Waals surface area contributed by atoms with Crippen LogP contribution in [0.3, 0.4) is 0 Å². The van der Waals surface area contributed by atoms with Crippen molar-refractivity contribution in [3.8, 4) is 0 Å². The molecule has 2 aliphatic heterocycles. The molecule has 2 aliphatic rings. The highest BCUT2D eigenvalue weighted by Gasteiger charge is 2.37. The number of amides is 1. The number of carbonyl (C=O) groups is 2. The van der Waals surface area contributed by atoms with E-state index in [4.69, 9.17) is 4.74 Å². The van der Waals surface area contributed by atoms with Gasteiger partial charge in [-0.05, 0) is 24.3 Å². The summed E-state index contributed by atoms with van der Waals surface area (Å²) in [5.41, 5.74) is 0. The molecule has 2 saturated heterocycles. The SMILES string of the molecule is COC(=O)[C@H]1CN(C(=O)[C@@H]2CCCN(S(=O)(=O)c3cccs3)C2)CCS1. The van der Waals surface area contributed by atoms with E-state index in [0.29, 0.717) is 42.4 Å². The van der Waals surface area contributed by atoms with Crippen LogP contribution in [0.4, 0.5) is 0 Å². The molecule has 0 spiro atoms. The highest BCUT2D eigenvalue weighted by Crippen LogP contribution is 2.28. The van der Waals surface area contributed by atoms with E-state index in [-0.39, 0.29) is 29.6 Å². The number of sulfonamides is 1. The van der Waals surface area contributed by atoms with Crippen LogP contribution in [0, 0.1) is 5.92 Å². The number of nitrogens with zero attached hydrogens (tertiary/aromatic N) is 2. The number of ether oxygens (including phenoxy) is 1. The van der Waals surface area contributed by atoms with Crippen LogP contribution in [0.15, 0.2) is 21.7 Å². The van der Waals surface area contributed by atoms with Gasteiger partial charge in [0, 0.05) is 31.9 Å². The second-order valence-electron chi connectivity index (χ2n) is 6.30. The van der Waals surface area contributed by atoms with E-state index in [0.717, 1.165) is 0 Å². The van der Waals surface area contributed by atoms with Crippen molar-refractivity contribution in [1.29, 1.82) is 0 Å². The summed E-state index contributed by atoms with van der Waals surface area (Å²) in [6.45, 7) is 1.53. The Balaban J connectivity index is 1.67. The number of thioether (sulfide) groups is 1. The van der Waals surface area contributed by atoms with Gasteiger partial charge in [0.25, 0.3) is 10.0 Å². The molecule has 26 heavy (non-hydrogen) atoms. The van der Waals surface area contributed by atoms with Crippen molar-refractivity contribution in [3.05, 3.63) is 17.5 Å². The van der Waals surface area contributed by atoms with Gasteiger partial charge in [-0.15, -0.1) is 23.1 Å². The first-order chi connectivity index (χ1) is 12.4. The molecule has 2 atom stereocenters. The van der Waals surface area contributed by atoms with Crippen LogP contribution in [0.2, 0.25) is 0 Å². The van der Waals surface area contributed by atoms with Crippen molar-refractivity contribution in [2.24, 2.45) is 5.92 Å². The fourth-order valence-corrected chi connectivity index (χ4v) is 7.08. The number of carbonyl (C=O) groups excluding carboxylic acids is 2. The standard InChI is InChI=1S/C16H22N2O5S3/c1-23-16(20)13-11-17(7-9-24-13)15(19)12-4-2-6-18(10-12)26(21,22)14-5-3-8-25-14/h3,5,8,12-13H,2,4,6-7,9-11H2,1H3/t12-,13-/m1/s1. The molecule has 7 nitrogen and oxygen atoms in total. The van der Waals surface area contributed by atoms with Gasteiger partial charge in [0.2, 0.25) is 5.91 Å². The molecule has 144 valence electrons. The number of hydrogen-bond acceptors (Lipinski definition) is 7. The van der Waals surface area contributed by atoms with Gasteiger partial charge in [0.05, 0.1) is 13.0 Å². The van der Waals surface area contributed by atoms with Gasteiger partial charge in [0.15, 0.2) is 0 Å². The fraction of sp³-hybridized carbons (Fsp3) is 0.625. The zero-order chi connectivity index (χ0) is 18.7. The summed E-state index contributed by atoms with van der Waals surface area (Å²) in [5.74, 6) is -0.0710. The smallest absolute Gasteiger partial charge is 0.320 e. The molecule has 0 aromatic carbocycles. The minimum atomic E-state index is -3.54. The van der Waals surface area contributed by atoms with Crippen LogP contribution >= 0.6 is 23.1 Å². The second-order valence-corrected chi connectivity index (χ2v) is 10.7. The fourth-order valence-electron chi connectivity index (χ4n) is 3.28. The lowest BCUT2D eigenvalue weighted by Gasteiger charge is -2.37. The molecular weight excluding hydrogens is 396 g/mol. The van der Waals surface area contributed by atoms with Crippen LogP contribution < -0.4 is 0 Å². The first kappa shape index (κ1) is 19.7. The van der Waals surface area contributed by atoms with Gasteiger partial charge in [-0.25, -0.2) is 8.42 Å². The van der Waals surface area contributed by atoms with Gasteiger partial charge in [-0.1, -0.05) is 6.07 Å². The Morgan fingerprint density at radius 3 is 2.77 bits per heavy atom. The number of piperidine rings is 1. The van der Waals surface area contributed by atoms with E-state index < -0.39 is 10.0 Å². The monoisotopic (exact) mass is 418 g/mol. The van der Waals surface area contributed by atoms with E-state index in [1.165, 1.54) is 34.5 Å². The molecule has 0 saturated carbocycles. The summed E-state index contributed by atoms with van der Waals surface area (Å²) in [4.78, 5) is 26.4. The molecule has 2 fully saturated rings. The zero-order valence-corrected chi connectivity index (χ0v) is 16.9. The molecule has 0 N–H and O–H groups in total. The van der Waals surface area contributed by atoms with Crippen molar-refractivity contribution < 1.29 is 22.7 Å². The van der Waals surface area contributed by atoms with Crippen LogP contribution in [-0.2, 0) is 24.3 Å². The molecule has 3 heterocycles. The molecule has 0 aliphatic carbocycles. The quantitative estimate of drug-likeness (QED) is 0.685. The van der Waals surface area contributed by atoms with Crippen LogP contribution in [-0.4, -0.2) is 73.8 Å². The molecule has 1 aromatic heterocycles. The summed E-state index contributed by atoms with van der Waals surface area (Å²) in [6.07, 6.45) is 1.33. The Labute approximate surface area is 161 Å². The van der Waals surface area contributed by atoms with Crippen molar-refractivity contribution in [2.45, 2.75) is 22.3 Å². The first-order valence-corrected chi connectivity index (χ1v) is 11.8. The number of methoxy groups -OCH3 is 1.